The van der Waals surface area contributed by atoms with Crippen LogP contribution in [-0.4, -0.2) is 56.2 Å². The minimum absolute atomic E-state index is 0.0219. The Morgan fingerprint density at radius 3 is 2.85 bits per heavy atom. The molecule has 0 fully saturated rings. The van der Waals surface area contributed by atoms with Crippen molar-refractivity contribution in [2.45, 2.75) is 25.9 Å². The zero-order valence-electron chi connectivity index (χ0n) is 16.0. The number of amidine groups is 1. The maximum absolute atomic E-state index is 14.3. The van der Waals surface area contributed by atoms with E-state index in [2.05, 4.69) is 15.6 Å². The summed E-state index contributed by atoms with van der Waals surface area (Å²) in [6.07, 6.45) is 5.88. The third-order valence-electron chi connectivity index (χ3n) is 4.64. The van der Waals surface area contributed by atoms with E-state index in [1.54, 1.807) is 31.1 Å². The number of rotatable bonds is 5. The predicted molar refractivity (Wildman–Crippen MR) is 106 cm³/mol. The monoisotopic (exact) mass is 374 g/mol. The van der Waals surface area contributed by atoms with Crippen LogP contribution >= 0.6 is 0 Å². The van der Waals surface area contributed by atoms with Crippen molar-refractivity contribution in [2.24, 2.45) is 10.7 Å². The number of allylic oxidation sites excluding steroid dienone is 4. The molecule has 0 bridgehead atoms. The van der Waals surface area contributed by atoms with Gasteiger partial charge in [0.1, 0.15) is 12.0 Å². The molecule has 2 rings (SSSR count). The van der Waals surface area contributed by atoms with E-state index in [9.17, 15) is 9.18 Å². The second-order valence-corrected chi connectivity index (χ2v) is 6.37. The van der Waals surface area contributed by atoms with Gasteiger partial charge in [-0.25, -0.2) is 4.39 Å². The summed E-state index contributed by atoms with van der Waals surface area (Å²) in [7, 11) is 3.40. The molecule has 2 aliphatic rings. The van der Waals surface area contributed by atoms with Gasteiger partial charge in [-0.3, -0.25) is 15.2 Å². The van der Waals surface area contributed by atoms with E-state index >= 15 is 0 Å². The highest BCUT2D eigenvalue weighted by molar-refractivity contribution is 5.99. The summed E-state index contributed by atoms with van der Waals surface area (Å²) in [5.74, 6) is 0.165. The molecule has 0 aromatic carbocycles. The van der Waals surface area contributed by atoms with Crippen LogP contribution in [0.1, 0.15) is 19.8 Å². The average molecular weight is 374 g/mol. The van der Waals surface area contributed by atoms with E-state index in [1.165, 1.54) is 19.3 Å². The SMILES string of the molecule is CN=CC(=CN)C1=CC(NC(=N)C2=C(NC)CCN(C(C)=O)C2)=CCC1F. The van der Waals surface area contributed by atoms with Crippen LogP contribution in [0.4, 0.5) is 4.39 Å². The Morgan fingerprint density at radius 1 is 1.52 bits per heavy atom. The maximum Gasteiger partial charge on any atom is 0.219 e. The topological polar surface area (TPSA) is 107 Å². The van der Waals surface area contributed by atoms with Gasteiger partial charge in [0.15, 0.2) is 0 Å². The zero-order valence-corrected chi connectivity index (χ0v) is 16.0. The molecule has 0 saturated heterocycles. The van der Waals surface area contributed by atoms with Gasteiger partial charge in [-0.1, -0.05) is 6.08 Å². The zero-order chi connectivity index (χ0) is 20.0. The smallest absolute Gasteiger partial charge is 0.219 e. The number of carbonyl (C=O) groups is 1. The van der Waals surface area contributed by atoms with Gasteiger partial charge < -0.3 is 21.3 Å². The van der Waals surface area contributed by atoms with Gasteiger partial charge in [0, 0.05) is 75.4 Å². The molecule has 0 aromatic rings. The molecule has 1 atom stereocenters. The second kappa shape index (κ2) is 9.16. The van der Waals surface area contributed by atoms with Crippen LogP contribution in [0.5, 0.6) is 0 Å². The molecule has 5 N–H and O–H groups in total. The molecule has 8 heteroatoms. The minimum Gasteiger partial charge on any atom is -0.404 e. The van der Waals surface area contributed by atoms with Gasteiger partial charge in [-0.15, -0.1) is 0 Å². The lowest BCUT2D eigenvalue weighted by Gasteiger charge is -2.31. The number of hydrogen-bond acceptors (Lipinski definition) is 5. The van der Waals surface area contributed by atoms with Gasteiger partial charge in [0.2, 0.25) is 5.91 Å². The summed E-state index contributed by atoms with van der Waals surface area (Å²) in [6.45, 7) is 2.51. The molecule has 146 valence electrons. The van der Waals surface area contributed by atoms with Gasteiger partial charge >= 0.3 is 0 Å². The van der Waals surface area contributed by atoms with Crippen molar-refractivity contribution in [3.05, 3.63) is 46.5 Å². The Morgan fingerprint density at radius 2 is 2.26 bits per heavy atom. The van der Waals surface area contributed by atoms with Crippen LogP contribution in [0.25, 0.3) is 0 Å². The highest BCUT2D eigenvalue weighted by atomic mass is 19.1. The third kappa shape index (κ3) is 4.84. The van der Waals surface area contributed by atoms with Crippen molar-refractivity contribution in [2.75, 3.05) is 27.2 Å². The molecular weight excluding hydrogens is 347 g/mol. The molecule has 1 aliphatic carbocycles. The predicted octanol–water partition coefficient (Wildman–Crippen LogP) is 1.37. The molecule has 0 aromatic heterocycles. The first-order chi connectivity index (χ1) is 12.9. The summed E-state index contributed by atoms with van der Waals surface area (Å²) in [5, 5.41) is 14.6. The first kappa shape index (κ1) is 20.4. The number of aliphatic imine (C=N–C) groups is 1. The quantitative estimate of drug-likeness (QED) is 0.431. The third-order valence-corrected chi connectivity index (χ3v) is 4.64. The second-order valence-electron chi connectivity index (χ2n) is 6.37. The molecule has 0 spiro atoms. The lowest BCUT2D eigenvalue weighted by Crippen LogP contribution is -2.41. The van der Waals surface area contributed by atoms with Gasteiger partial charge in [-0.05, 0) is 11.6 Å². The van der Waals surface area contributed by atoms with Crippen molar-refractivity contribution in [3.63, 3.8) is 0 Å². The first-order valence-corrected chi connectivity index (χ1v) is 8.82. The fourth-order valence-corrected chi connectivity index (χ4v) is 3.14. The Balaban J connectivity index is 2.22. The number of nitrogens with two attached hydrogens (primary N) is 1. The summed E-state index contributed by atoms with van der Waals surface area (Å²) < 4.78 is 14.3. The molecule has 0 saturated carbocycles. The standard InChI is InChI=1S/C19H27FN6O/c1-12(27)26-7-6-18(24-3)16(11-26)19(22)25-14-4-5-17(20)15(8-14)13(9-21)10-23-2/h4,8-10,17,24H,5-7,11,21H2,1-3H3,(H2,22,25). The summed E-state index contributed by atoms with van der Waals surface area (Å²) in [4.78, 5) is 17.3. The number of nitrogens with one attached hydrogen (secondary N) is 3. The van der Waals surface area contributed by atoms with Crippen molar-refractivity contribution in [1.29, 1.82) is 5.41 Å². The lowest BCUT2D eigenvalue weighted by molar-refractivity contribution is -0.128. The van der Waals surface area contributed by atoms with Crippen LogP contribution in [0, 0.1) is 5.41 Å². The molecule has 1 heterocycles. The Hall–Kier alpha value is -2.90. The Kier molecular flexibility index (Phi) is 6.92. The van der Waals surface area contributed by atoms with Crippen molar-refractivity contribution >= 4 is 18.0 Å². The van der Waals surface area contributed by atoms with Crippen molar-refractivity contribution < 1.29 is 9.18 Å². The van der Waals surface area contributed by atoms with Crippen molar-refractivity contribution in [3.8, 4) is 0 Å². The largest absolute Gasteiger partial charge is 0.404 e. The molecule has 0 radical (unpaired) electrons. The summed E-state index contributed by atoms with van der Waals surface area (Å²) in [5.41, 5.74) is 8.81. The lowest BCUT2D eigenvalue weighted by atomic mass is 9.95. The van der Waals surface area contributed by atoms with E-state index in [4.69, 9.17) is 11.1 Å². The molecular formula is C19H27FN6O. The Labute approximate surface area is 159 Å². The normalized spacial score (nSPS) is 21.1. The highest BCUT2D eigenvalue weighted by Crippen LogP contribution is 2.25. The van der Waals surface area contributed by atoms with Crippen LogP contribution < -0.4 is 16.4 Å². The number of hydrogen-bond donors (Lipinski definition) is 4. The van der Waals surface area contributed by atoms with E-state index < -0.39 is 6.17 Å². The maximum atomic E-state index is 14.3. The molecule has 27 heavy (non-hydrogen) atoms. The minimum atomic E-state index is -1.17. The first-order valence-electron chi connectivity index (χ1n) is 8.82. The van der Waals surface area contributed by atoms with E-state index in [0.29, 0.717) is 36.4 Å². The summed E-state index contributed by atoms with van der Waals surface area (Å²) >= 11 is 0. The highest BCUT2D eigenvalue weighted by Gasteiger charge is 2.25. The molecule has 1 amide bonds. The Bertz CT molecular complexity index is 762. The molecule has 7 nitrogen and oxygen atoms in total. The number of halogens is 1. The fourth-order valence-electron chi connectivity index (χ4n) is 3.14. The van der Waals surface area contributed by atoms with Crippen LogP contribution in [0.2, 0.25) is 0 Å². The number of amides is 1. The summed E-state index contributed by atoms with van der Waals surface area (Å²) in [6, 6.07) is 0. The van der Waals surface area contributed by atoms with E-state index in [-0.39, 0.29) is 18.2 Å². The van der Waals surface area contributed by atoms with E-state index in [0.717, 1.165) is 11.3 Å². The molecule has 1 aliphatic heterocycles. The van der Waals surface area contributed by atoms with Crippen LogP contribution in [0.3, 0.4) is 0 Å². The van der Waals surface area contributed by atoms with Crippen molar-refractivity contribution in [1.82, 2.24) is 15.5 Å². The molecule has 1 unspecified atom stereocenters. The number of alkyl halides is 1. The van der Waals surface area contributed by atoms with Gasteiger partial charge in [0.05, 0.1) is 6.54 Å². The van der Waals surface area contributed by atoms with Crippen LogP contribution in [0.15, 0.2) is 51.5 Å². The van der Waals surface area contributed by atoms with Gasteiger partial charge in [0.25, 0.3) is 0 Å². The average Bonchev–Trinajstić information content (AvgIpc) is 2.67. The van der Waals surface area contributed by atoms with E-state index in [1.807, 2.05) is 0 Å². The fraction of sp³-hybridized carbons (Fsp3) is 0.421. The number of carbonyl (C=O) groups excluding carboxylic acids is 1. The number of nitrogens with zero attached hydrogens (tertiary/aromatic N) is 2. The van der Waals surface area contributed by atoms with Gasteiger partial charge in [-0.2, -0.15) is 0 Å². The van der Waals surface area contributed by atoms with Crippen LogP contribution in [-0.2, 0) is 4.79 Å².